The maximum Gasteiger partial charge on any atom is 0.309 e. The first-order chi connectivity index (χ1) is 11.7. The van der Waals surface area contributed by atoms with Gasteiger partial charge in [-0.1, -0.05) is 6.92 Å². The Morgan fingerprint density at radius 3 is 2.88 bits per heavy atom. The van der Waals surface area contributed by atoms with E-state index in [1.807, 2.05) is 34.9 Å². The zero-order chi connectivity index (χ0) is 16.7. The number of carboxylic acid groups (broad SMARTS) is 1. The lowest BCUT2D eigenvalue weighted by atomic mass is 10.1. The summed E-state index contributed by atoms with van der Waals surface area (Å²) in [5.74, 6) is 0.630. The molecular weight excluding hydrogens is 328 g/mol. The van der Waals surface area contributed by atoms with E-state index in [9.17, 15) is 4.79 Å². The predicted octanol–water partition coefficient (Wildman–Crippen LogP) is 3.02. The second kappa shape index (κ2) is 5.83. The third kappa shape index (κ3) is 2.41. The Morgan fingerprint density at radius 2 is 2.12 bits per heavy atom. The largest absolute Gasteiger partial charge is 0.486 e. The highest BCUT2D eigenvalue weighted by Gasteiger charge is 2.20. The van der Waals surface area contributed by atoms with E-state index in [1.54, 1.807) is 0 Å². The van der Waals surface area contributed by atoms with Crippen LogP contribution in [0.3, 0.4) is 0 Å². The van der Waals surface area contributed by atoms with Gasteiger partial charge in [-0.15, -0.1) is 11.3 Å². The number of imidazole rings is 1. The molecule has 2 aromatic heterocycles. The highest BCUT2D eigenvalue weighted by molar-refractivity contribution is 7.15. The van der Waals surface area contributed by atoms with Gasteiger partial charge in [0.15, 0.2) is 16.5 Å². The molecule has 0 atom stereocenters. The van der Waals surface area contributed by atoms with Crippen LogP contribution in [0, 0.1) is 0 Å². The molecule has 1 aliphatic rings. The number of nitrogens with zero attached hydrogens (tertiary/aromatic N) is 2. The molecule has 0 aliphatic carbocycles. The first-order valence-corrected chi connectivity index (χ1v) is 8.65. The number of fused-ring (bicyclic) bond motifs is 2. The van der Waals surface area contributed by atoms with E-state index in [0.717, 1.165) is 45.5 Å². The number of hydrogen-bond donors (Lipinski definition) is 1. The number of thiazole rings is 1. The number of hydrogen-bond acceptors (Lipinski definition) is 5. The molecule has 1 aliphatic heterocycles. The lowest BCUT2D eigenvalue weighted by molar-refractivity contribution is -0.136. The van der Waals surface area contributed by atoms with Gasteiger partial charge >= 0.3 is 5.97 Å². The number of aryl methyl sites for hydroxylation is 1. The number of rotatable bonds is 4. The fourth-order valence-corrected chi connectivity index (χ4v) is 3.91. The van der Waals surface area contributed by atoms with Crippen LogP contribution in [0.5, 0.6) is 11.5 Å². The fourth-order valence-electron chi connectivity index (χ4n) is 3.00. The Kier molecular flexibility index (Phi) is 3.65. The van der Waals surface area contributed by atoms with Gasteiger partial charge in [0.1, 0.15) is 13.2 Å². The van der Waals surface area contributed by atoms with Crippen molar-refractivity contribution in [1.82, 2.24) is 9.38 Å². The van der Waals surface area contributed by atoms with Gasteiger partial charge in [0.25, 0.3) is 0 Å². The molecule has 0 bridgehead atoms. The zero-order valence-electron chi connectivity index (χ0n) is 13.1. The van der Waals surface area contributed by atoms with Gasteiger partial charge in [-0.25, -0.2) is 4.98 Å². The predicted molar refractivity (Wildman–Crippen MR) is 90.2 cm³/mol. The van der Waals surface area contributed by atoms with Gasteiger partial charge in [-0.05, 0) is 24.6 Å². The Hall–Kier alpha value is -2.54. The Bertz CT molecular complexity index is 928. The molecule has 3 heterocycles. The lowest BCUT2D eigenvalue weighted by Crippen LogP contribution is -2.15. The standard InChI is InChI=1S/C17H16N2O4S/c1-2-12-16(10-3-4-13-14(7-10)23-6-5-22-13)18-17-19(12)11(9-24-17)8-15(20)21/h3-4,7,9H,2,5-6,8H2,1H3,(H,20,21). The van der Waals surface area contributed by atoms with Crippen molar-refractivity contribution in [1.29, 1.82) is 0 Å². The maximum atomic E-state index is 11.1. The van der Waals surface area contributed by atoms with Crippen LogP contribution < -0.4 is 9.47 Å². The average molecular weight is 344 g/mol. The summed E-state index contributed by atoms with van der Waals surface area (Å²) in [6, 6.07) is 5.81. The van der Waals surface area contributed by atoms with Crippen molar-refractivity contribution in [2.45, 2.75) is 19.8 Å². The highest BCUT2D eigenvalue weighted by atomic mass is 32.1. The van der Waals surface area contributed by atoms with Gasteiger partial charge in [-0.3, -0.25) is 9.20 Å². The van der Waals surface area contributed by atoms with Crippen LogP contribution in [0.4, 0.5) is 0 Å². The van der Waals surface area contributed by atoms with Crippen molar-refractivity contribution in [3.05, 3.63) is 35.0 Å². The van der Waals surface area contributed by atoms with Crippen LogP contribution >= 0.6 is 11.3 Å². The number of aliphatic carboxylic acids is 1. The number of aromatic nitrogens is 2. The minimum absolute atomic E-state index is 0.00998. The lowest BCUT2D eigenvalue weighted by Gasteiger charge is -2.18. The van der Waals surface area contributed by atoms with Crippen LogP contribution in [-0.4, -0.2) is 33.7 Å². The van der Waals surface area contributed by atoms with Crippen molar-refractivity contribution >= 4 is 22.3 Å². The Labute approximate surface area is 142 Å². The number of carbonyl (C=O) groups is 1. The third-order valence-corrected chi connectivity index (χ3v) is 4.89. The van der Waals surface area contributed by atoms with Crippen molar-refractivity contribution in [3.63, 3.8) is 0 Å². The topological polar surface area (TPSA) is 73.1 Å². The first-order valence-electron chi connectivity index (χ1n) is 7.77. The molecule has 0 saturated carbocycles. The average Bonchev–Trinajstić information content (AvgIpc) is 3.13. The summed E-state index contributed by atoms with van der Waals surface area (Å²) in [6.45, 7) is 3.15. The molecule has 4 rings (SSSR count). The summed E-state index contributed by atoms with van der Waals surface area (Å²) in [5.41, 5.74) is 3.59. The maximum absolute atomic E-state index is 11.1. The minimum Gasteiger partial charge on any atom is -0.486 e. The van der Waals surface area contributed by atoms with Crippen LogP contribution in [0.2, 0.25) is 0 Å². The third-order valence-electron chi connectivity index (χ3n) is 4.01. The van der Waals surface area contributed by atoms with Gasteiger partial charge in [0, 0.05) is 16.6 Å². The zero-order valence-corrected chi connectivity index (χ0v) is 13.9. The van der Waals surface area contributed by atoms with E-state index < -0.39 is 5.97 Å². The van der Waals surface area contributed by atoms with E-state index in [-0.39, 0.29) is 6.42 Å². The molecule has 6 nitrogen and oxygen atoms in total. The molecule has 1 N–H and O–H groups in total. The van der Waals surface area contributed by atoms with Crippen LogP contribution in [-0.2, 0) is 17.6 Å². The summed E-state index contributed by atoms with van der Waals surface area (Å²) >= 11 is 1.46. The second-order valence-corrected chi connectivity index (χ2v) is 6.37. The molecule has 0 amide bonds. The van der Waals surface area contributed by atoms with Gasteiger partial charge < -0.3 is 14.6 Å². The first kappa shape index (κ1) is 15.0. The normalized spacial score (nSPS) is 13.4. The molecule has 0 fully saturated rings. The monoisotopic (exact) mass is 344 g/mol. The molecule has 124 valence electrons. The summed E-state index contributed by atoms with van der Waals surface area (Å²) in [5, 5.41) is 11.0. The van der Waals surface area contributed by atoms with E-state index in [4.69, 9.17) is 19.6 Å². The summed E-state index contributed by atoms with van der Waals surface area (Å²) in [6.07, 6.45) is 0.748. The smallest absolute Gasteiger partial charge is 0.309 e. The van der Waals surface area contributed by atoms with Gasteiger partial charge in [-0.2, -0.15) is 0 Å². The fraction of sp³-hybridized carbons (Fsp3) is 0.294. The molecule has 0 saturated heterocycles. The van der Waals surface area contributed by atoms with E-state index in [2.05, 4.69) is 0 Å². The molecule has 3 aromatic rings. The van der Waals surface area contributed by atoms with Gasteiger partial charge in [0.05, 0.1) is 17.8 Å². The van der Waals surface area contributed by atoms with Crippen molar-refractivity contribution in [2.75, 3.05) is 13.2 Å². The molecule has 7 heteroatoms. The molecule has 24 heavy (non-hydrogen) atoms. The SMILES string of the molecule is CCc1c(-c2ccc3c(c2)OCCO3)nc2scc(CC(=O)O)n12. The summed E-state index contributed by atoms with van der Waals surface area (Å²) < 4.78 is 13.2. The number of benzene rings is 1. The van der Waals surface area contributed by atoms with E-state index in [0.29, 0.717) is 13.2 Å². The summed E-state index contributed by atoms with van der Waals surface area (Å²) in [4.78, 5) is 16.6. The molecule has 1 aromatic carbocycles. The van der Waals surface area contributed by atoms with E-state index in [1.165, 1.54) is 11.3 Å². The number of carboxylic acids is 1. The second-order valence-electron chi connectivity index (χ2n) is 5.53. The molecule has 0 unspecified atom stereocenters. The van der Waals surface area contributed by atoms with Crippen molar-refractivity contribution < 1.29 is 19.4 Å². The van der Waals surface area contributed by atoms with Crippen LogP contribution in [0.25, 0.3) is 16.2 Å². The van der Waals surface area contributed by atoms with Crippen molar-refractivity contribution in [3.8, 4) is 22.8 Å². The number of ether oxygens (including phenoxy) is 2. The molecule has 0 radical (unpaired) electrons. The minimum atomic E-state index is -0.841. The quantitative estimate of drug-likeness (QED) is 0.787. The van der Waals surface area contributed by atoms with Gasteiger partial charge in [0.2, 0.25) is 0 Å². The van der Waals surface area contributed by atoms with Crippen LogP contribution in [0.15, 0.2) is 23.6 Å². The Morgan fingerprint density at radius 1 is 1.33 bits per heavy atom. The van der Waals surface area contributed by atoms with Crippen LogP contribution in [0.1, 0.15) is 18.3 Å². The van der Waals surface area contributed by atoms with Crippen molar-refractivity contribution in [2.24, 2.45) is 0 Å². The Balaban J connectivity index is 1.84. The summed E-state index contributed by atoms with van der Waals surface area (Å²) in [7, 11) is 0. The highest BCUT2D eigenvalue weighted by Crippen LogP contribution is 2.36. The molecular formula is C17H16N2O4S. The molecule has 0 spiro atoms. The van der Waals surface area contributed by atoms with E-state index >= 15 is 0 Å².